The summed E-state index contributed by atoms with van der Waals surface area (Å²) in [6.45, 7) is 21.0. The summed E-state index contributed by atoms with van der Waals surface area (Å²) in [5.41, 5.74) is -1.07. The topological polar surface area (TPSA) is 52.6 Å². The highest BCUT2D eigenvalue weighted by atomic mass is 16.6. The molecule has 4 heteroatoms. The quantitative estimate of drug-likeness (QED) is 0.670. The molecule has 0 aromatic carbocycles. The van der Waals surface area contributed by atoms with Gasteiger partial charge >= 0.3 is 11.9 Å². The predicted molar refractivity (Wildman–Crippen MR) is 95.2 cm³/mol. The smallest absolute Gasteiger partial charge is 0.312 e. The van der Waals surface area contributed by atoms with Crippen LogP contribution < -0.4 is 0 Å². The summed E-state index contributed by atoms with van der Waals surface area (Å²) in [6.07, 6.45) is 1.65. The number of rotatable bonds is 4. The molecule has 0 saturated heterocycles. The van der Waals surface area contributed by atoms with Crippen LogP contribution in [-0.2, 0) is 19.1 Å². The summed E-state index contributed by atoms with van der Waals surface area (Å²) in [7, 11) is 0. The summed E-state index contributed by atoms with van der Waals surface area (Å²) in [5.74, 6) is -0.188. The van der Waals surface area contributed by atoms with E-state index in [-0.39, 0.29) is 34.5 Å². The van der Waals surface area contributed by atoms with Crippen molar-refractivity contribution < 1.29 is 19.1 Å². The molecule has 0 heterocycles. The van der Waals surface area contributed by atoms with Crippen LogP contribution in [0.3, 0.4) is 0 Å². The first-order valence-electron chi connectivity index (χ1n) is 8.52. The molecular formula is C19H38O4. The summed E-state index contributed by atoms with van der Waals surface area (Å²) >= 11 is 0. The van der Waals surface area contributed by atoms with E-state index in [4.69, 9.17) is 9.47 Å². The molecule has 23 heavy (non-hydrogen) atoms. The fourth-order valence-corrected chi connectivity index (χ4v) is 1.13. The molecule has 0 rings (SSSR count). The Morgan fingerprint density at radius 1 is 0.826 bits per heavy atom. The summed E-state index contributed by atoms with van der Waals surface area (Å²) in [5, 5.41) is 0. The first-order chi connectivity index (χ1) is 10.1. The van der Waals surface area contributed by atoms with Crippen molar-refractivity contribution in [1.82, 2.24) is 0 Å². The molecule has 138 valence electrons. The van der Waals surface area contributed by atoms with Crippen LogP contribution in [0.5, 0.6) is 0 Å². The van der Waals surface area contributed by atoms with Crippen LogP contribution in [0.25, 0.3) is 0 Å². The average Bonchev–Trinajstić information content (AvgIpc) is 2.34. The first kappa shape index (κ1) is 24.2. The molecule has 4 nitrogen and oxygen atoms in total. The zero-order valence-corrected chi connectivity index (χ0v) is 17.1. The lowest BCUT2D eigenvalue weighted by Crippen LogP contribution is -2.33. The van der Waals surface area contributed by atoms with Crippen LogP contribution in [0.2, 0.25) is 0 Å². The second-order valence-electron chi connectivity index (χ2n) is 8.58. The van der Waals surface area contributed by atoms with Crippen molar-refractivity contribution >= 4 is 11.9 Å². The van der Waals surface area contributed by atoms with Crippen molar-refractivity contribution in [3.05, 3.63) is 0 Å². The van der Waals surface area contributed by atoms with Gasteiger partial charge in [0.15, 0.2) is 0 Å². The third-order valence-corrected chi connectivity index (χ3v) is 3.26. The maximum atomic E-state index is 11.5. The molecule has 0 spiro atoms. The minimum atomic E-state index is -0.372. The molecule has 0 bridgehead atoms. The second-order valence-corrected chi connectivity index (χ2v) is 8.58. The van der Waals surface area contributed by atoms with Gasteiger partial charge in [-0.15, -0.1) is 0 Å². The van der Waals surface area contributed by atoms with Gasteiger partial charge in [0, 0.05) is 0 Å². The van der Waals surface area contributed by atoms with Gasteiger partial charge in [-0.25, -0.2) is 0 Å². The molecule has 0 radical (unpaired) electrons. The largest absolute Gasteiger partial charge is 0.460 e. The standard InChI is InChI=1S/C10H20O2.C9H18O2/c1-7-10(5,6)8(11)12-9(2,3)4;1-6-7(2)8(10)11-9(3,4)5/h7H2,1-6H3;7H,6H2,1-5H3. The van der Waals surface area contributed by atoms with Gasteiger partial charge in [0.05, 0.1) is 11.3 Å². The van der Waals surface area contributed by atoms with Crippen molar-refractivity contribution in [3.8, 4) is 0 Å². The lowest BCUT2D eigenvalue weighted by Gasteiger charge is -2.27. The Morgan fingerprint density at radius 3 is 1.48 bits per heavy atom. The van der Waals surface area contributed by atoms with Crippen LogP contribution in [0.1, 0.15) is 89.0 Å². The van der Waals surface area contributed by atoms with E-state index in [1.54, 1.807) is 0 Å². The molecule has 0 amide bonds. The van der Waals surface area contributed by atoms with Gasteiger partial charge in [0.2, 0.25) is 0 Å². The van der Waals surface area contributed by atoms with E-state index in [9.17, 15) is 9.59 Å². The zero-order chi connectivity index (χ0) is 19.1. The number of esters is 2. The summed E-state index contributed by atoms with van der Waals surface area (Å²) in [4.78, 5) is 22.7. The van der Waals surface area contributed by atoms with Gasteiger partial charge < -0.3 is 9.47 Å². The van der Waals surface area contributed by atoms with E-state index >= 15 is 0 Å². The molecule has 0 N–H and O–H groups in total. The maximum absolute atomic E-state index is 11.5. The molecule has 0 aromatic rings. The SMILES string of the molecule is CCC(C)(C)C(=O)OC(C)(C)C.CCC(C)C(=O)OC(C)(C)C. The van der Waals surface area contributed by atoms with E-state index in [0.29, 0.717) is 0 Å². The number of hydrogen-bond acceptors (Lipinski definition) is 4. The van der Waals surface area contributed by atoms with E-state index in [2.05, 4.69) is 0 Å². The molecule has 0 aliphatic heterocycles. The fraction of sp³-hybridized carbons (Fsp3) is 0.895. The Bertz CT molecular complexity index is 370. The van der Waals surface area contributed by atoms with E-state index < -0.39 is 0 Å². The first-order valence-corrected chi connectivity index (χ1v) is 8.52. The Labute approximate surface area is 143 Å². The molecule has 0 aromatic heterocycles. The normalized spacial score (nSPS) is 13.5. The maximum Gasteiger partial charge on any atom is 0.312 e. The molecular weight excluding hydrogens is 292 g/mol. The van der Waals surface area contributed by atoms with Crippen molar-refractivity contribution in [2.75, 3.05) is 0 Å². The second kappa shape index (κ2) is 9.29. The molecule has 1 unspecified atom stereocenters. The van der Waals surface area contributed by atoms with Crippen molar-refractivity contribution in [3.63, 3.8) is 0 Å². The summed E-state index contributed by atoms with van der Waals surface area (Å²) in [6, 6.07) is 0. The highest BCUT2D eigenvalue weighted by Gasteiger charge is 2.30. The van der Waals surface area contributed by atoms with Crippen LogP contribution in [0, 0.1) is 11.3 Å². The van der Waals surface area contributed by atoms with E-state index in [0.717, 1.165) is 12.8 Å². The Hall–Kier alpha value is -1.06. The Morgan fingerprint density at radius 2 is 1.22 bits per heavy atom. The summed E-state index contributed by atoms with van der Waals surface area (Å²) < 4.78 is 10.4. The number of carbonyl (C=O) groups excluding carboxylic acids is 2. The van der Waals surface area contributed by atoms with Crippen molar-refractivity contribution in [2.45, 2.75) is 100 Å². The Kier molecular flexibility index (Phi) is 9.77. The zero-order valence-electron chi connectivity index (χ0n) is 17.1. The molecule has 0 fully saturated rings. The number of carbonyl (C=O) groups is 2. The van der Waals surface area contributed by atoms with Crippen molar-refractivity contribution in [1.29, 1.82) is 0 Å². The number of hydrogen-bond donors (Lipinski definition) is 0. The monoisotopic (exact) mass is 330 g/mol. The van der Waals surface area contributed by atoms with Gasteiger partial charge in [0.25, 0.3) is 0 Å². The van der Waals surface area contributed by atoms with Crippen LogP contribution in [0.15, 0.2) is 0 Å². The molecule has 1 atom stereocenters. The molecule has 0 saturated carbocycles. The van der Waals surface area contributed by atoms with E-state index in [1.165, 1.54) is 0 Å². The van der Waals surface area contributed by atoms with Crippen LogP contribution in [-0.4, -0.2) is 23.1 Å². The highest BCUT2D eigenvalue weighted by Crippen LogP contribution is 2.24. The van der Waals surface area contributed by atoms with Gasteiger partial charge in [-0.3, -0.25) is 9.59 Å². The lowest BCUT2D eigenvalue weighted by molar-refractivity contribution is -0.165. The third-order valence-electron chi connectivity index (χ3n) is 3.26. The van der Waals surface area contributed by atoms with Crippen LogP contribution >= 0.6 is 0 Å². The average molecular weight is 331 g/mol. The Balaban J connectivity index is 0. The lowest BCUT2D eigenvalue weighted by atomic mass is 9.90. The van der Waals surface area contributed by atoms with Gasteiger partial charge in [0.1, 0.15) is 11.2 Å². The molecule has 0 aliphatic carbocycles. The minimum absolute atomic E-state index is 0.0224. The highest BCUT2D eigenvalue weighted by molar-refractivity contribution is 5.76. The van der Waals surface area contributed by atoms with Gasteiger partial charge in [-0.2, -0.15) is 0 Å². The number of ether oxygens (including phenoxy) is 2. The van der Waals surface area contributed by atoms with E-state index in [1.807, 2.05) is 76.2 Å². The van der Waals surface area contributed by atoms with Crippen LogP contribution in [0.4, 0.5) is 0 Å². The predicted octanol–water partition coefficient (Wildman–Crippen LogP) is 5.14. The fourth-order valence-electron chi connectivity index (χ4n) is 1.13. The minimum Gasteiger partial charge on any atom is -0.460 e. The third kappa shape index (κ3) is 13.1. The van der Waals surface area contributed by atoms with Gasteiger partial charge in [-0.05, 0) is 68.2 Å². The van der Waals surface area contributed by atoms with Gasteiger partial charge in [-0.1, -0.05) is 20.8 Å². The van der Waals surface area contributed by atoms with Crippen molar-refractivity contribution in [2.24, 2.45) is 11.3 Å². The molecule has 0 aliphatic rings.